The van der Waals surface area contributed by atoms with Gasteiger partial charge in [-0.3, -0.25) is 0 Å². The number of rotatable bonds is 1. The molecule has 0 spiro atoms. The van der Waals surface area contributed by atoms with Crippen LogP contribution in [0.3, 0.4) is 0 Å². The Hall–Kier alpha value is -1.95. The summed E-state index contributed by atoms with van der Waals surface area (Å²) in [5, 5.41) is 3.16. The first kappa shape index (κ1) is 13.1. The predicted octanol–water partition coefficient (Wildman–Crippen LogP) is 3.07. The highest BCUT2D eigenvalue weighted by molar-refractivity contribution is 5.57. The van der Waals surface area contributed by atoms with Crippen molar-refractivity contribution >= 4 is 0 Å². The predicted molar refractivity (Wildman–Crippen MR) is 67.8 cm³/mol. The maximum atomic E-state index is 12.7. The van der Waals surface area contributed by atoms with Crippen molar-refractivity contribution in [3.8, 4) is 11.4 Å². The van der Waals surface area contributed by atoms with E-state index >= 15 is 0 Å². The summed E-state index contributed by atoms with van der Waals surface area (Å²) in [5.41, 5.74) is 2.42. The molecule has 0 fully saturated rings. The first-order valence-corrected chi connectivity index (χ1v) is 6.20. The van der Waals surface area contributed by atoms with Crippen LogP contribution in [0.4, 0.5) is 13.2 Å². The fourth-order valence-electron chi connectivity index (χ4n) is 2.30. The quantitative estimate of drug-likeness (QED) is 0.871. The van der Waals surface area contributed by atoms with Gasteiger partial charge in [-0.1, -0.05) is 12.1 Å². The molecule has 1 aliphatic rings. The molecule has 1 N–H and O–H groups in total. The molecule has 0 amide bonds. The number of halogens is 3. The van der Waals surface area contributed by atoms with E-state index in [9.17, 15) is 13.2 Å². The minimum absolute atomic E-state index is 0.344. The molecule has 3 rings (SSSR count). The van der Waals surface area contributed by atoms with Gasteiger partial charge in [-0.05, 0) is 19.1 Å². The zero-order valence-electron chi connectivity index (χ0n) is 10.8. The van der Waals surface area contributed by atoms with Crippen molar-refractivity contribution in [3.05, 3.63) is 46.8 Å². The average Bonchev–Trinajstić information content (AvgIpc) is 2.87. The zero-order chi connectivity index (χ0) is 14.3. The number of nitrogens with one attached hydrogen (secondary N) is 1. The van der Waals surface area contributed by atoms with Crippen molar-refractivity contribution < 1.29 is 13.2 Å². The maximum Gasteiger partial charge on any atom is 0.416 e. The molecule has 2 aromatic rings. The Kier molecular flexibility index (Phi) is 2.97. The number of alkyl halides is 3. The van der Waals surface area contributed by atoms with Crippen LogP contribution in [0, 0.1) is 6.92 Å². The second kappa shape index (κ2) is 4.56. The number of fused-ring (bicyclic) bond motifs is 1. The Morgan fingerprint density at radius 2 is 1.95 bits per heavy atom. The minimum Gasteiger partial charge on any atom is -0.307 e. The topological polar surface area (TPSA) is 37.8 Å². The van der Waals surface area contributed by atoms with Gasteiger partial charge in [-0.15, -0.1) is 0 Å². The fraction of sp³-hybridized carbons (Fsp3) is 0.286. The molecule has 20 heavy (non-hydrogen) atoms. The van der Waals surface area contributed by atoms with Crippen molar-refractivity contribution in [1.82, 2.24) is 15.3 Å². The van der Waals surface area contributed by atoms with Crippen LogP contribution in [0.5, 0.6) is 0 Å². The number of hydrogen-bond acceptors (Lipinski definition) is 3. The zero-order valence-corrected chi connectivity index (χ0v) is 10.8. The lowest BCUT2D eigenvalue weighted by Gasteiger charge is -2.09. The van der Waals surface area contributed by atoms with Gasteiger partial charge in [-0.25, -0.2) is 9.97 Å². The molecule has 2 heterocycles. The van der Waals surface area contributed by atoms with E-state index in [4.69, 9.17) is 0 Å². The summed E-state index contributed by atoms with van der Waals surface area (Å²) in [4.78, 5) is 8.69. The van der Waals surface area contributed by atoms with Gasteiger partial charge in [0.25, 0.3) is 0 Å². The summed E-state index contributed by atoms with van der Waals surface area (Å²) in [6, 6.07) is 5.11. The van der Waals surface area contributed by atoms with Gasteiger partial charge in [0.05, 0.1) is 11.3 Å². The molecular weight excluding hydrogens is 267 g/mol. The van der Waals surface area contributed by atoms with Crippen LogP contribution in [0.15, 0.2) is 24.3 Å². The number of benzene rings is 1. The van der Waals surface area contributed by atoms with Crippen LogP contribution in [0.1, 0.15) is 22.5 Å². The molecule has 1 aromatic heterocycles. The third-order valence-corrected chi connectivity index (χ3v) is 3.34. The normalized spacial score (nSPS) is 14.4. The van der Waals surface area contributed by atoms with Gasteiger partial charge in [-0.2, -0.15) is 13.2 Å². The van der Waals surface area contributed by atoms with Crippen molar-refractivity contribution in [1.29, 1.82) is 0 Å². The third-order valence-electron chi connectivity index (χ3n) is 3.34. The Balaban J connectivity index is 2.08. The largest absolute Gasteiger partial charge is 0.416 e. The molecule has 1 aliphatic heterocycles. The number of aryl methyl sites for hydroxylation is 1. The van der Waals surface area contributed by atoms with Crippen molar-refractivity contribution in [2.24, 2.45) is 0 Å². The number of hydrogen-bond donors (Lipinski definition) is 1. The van der Waals surface area contributed by atoms with E-state index in [1.165, 1.54) is 6.07 Å². The summed E-state index contributed by atoms with van der Waals surface area (Å²) in [6.45, 7) is 3.19. The molecule has 1 aromatic carbocycles. The van der Waals surface area contributed by atoms with Crippen LogP contribution in [0.2, 0.25) is 0 Å². The average molecular weight is 279 g/mol. The van der Waals surface area contributed by atoms with Gasteiger partial charge < -0.3 is 5.32 Å². The molecule has 104 valence electrons. The van der Waals surface area contributed by atoms with Crippen molar-refractivity contribution in [2.45, 2.75) is 26.2 Å². The van der Waals surface area contributed by atoms with Crippen LogP contribution < -0.4 is 5.32 Å². The minimum atomic E-state index is -4.36. The summed E-state index contributed by atoms with van der Waals surface area (Å²) in [5.74, 6) is 0.344. The molecule has 0 bridgehead atoms. The van der Waals surface area contributed by atoms with E-state index in [1.54, 1.807) is 6.07 Å². The van der Waals surface area contributed by atoms with Gasteiger partial charge in [0.1, 0.15) is 0 Å². The second-order valence-corrected chi connectivity index (χ2v) is 4.74. The highest BCUT2D eigenvalue weighted by atomic mass is 19.4. The van der Waals surface area contributed by atoms with Gasteiger partial charge in [0.2, 0.25) is 0 Å². The first-order chi connectivity index (χ1) is 9.45. The van der Waals surface area contributed by atoms with Crippen LogP contribution in [-0.2, 0) is 19.3 Å². The molecule has 0 aliphatic carbocycles. The number of nitrogens with zero attached hydrogens (tertiary/aromatic N) is 2. The van der Waals surface area contributed by atoms with E-state index in [-0.39, 0.29) is 0 Å². The Morgan fingerprint density at radius 3 is 2.70 bits per heavy atom. The van der Waals surface area contributed by atoms with E-state index in [1.807, 2.05) is 6.92 Å². The van der Waals surface area contributed by atoms with E-state index in [0.29, 0.717) is 24.5 Å². The molecular formula is C14H12F3N3. The van der Waals surface area contributed by atoms with Crippen LogP contribution in [-0.4, -0.2) is 9.97 Å². The SMILES string of the molecule is Cc1nc(-c2cccc(C(F)(F)F)c2)nc2c1CNC2. The van der Waals surface area contributed by atoms with Gasteiger partial charge >= 0.3 is 6.18 Å². The van der Waals surface area contributed by atoms with Crippen molar-refractivity contribution in [2.75, 3.05) is 0 Å². The molecule has 0 radical (unpaired) electrons. The molecule has 3 nitrogen and oxygen atoms in total. The summed E-state index contributed by atoms with van der Waals surface area (Å²) >= 11 is 0. The van der Waals surface area contributed by atoms with Crippen molar-refractivity contribution in [3.63, 3.8) is 0 Å². The Morgan fingerprint density at radius 1 is 1.15 bits per heavy atom. The highest BCUT2D eigenvalue weighted by Gasteiger charge is 2.30. The van der Waals surface area contributed by atoms with Crippen LogP contribution in [0.25, 0.3) is 11.4 Å². The monoisotopic (exact) mass is 279 g/mol. The summed E-state index contributed by atoms with van der Waals surface area (Å²) < 4.78 is 38.2. The Bertz CT molecular complexity index is 665. The standard InChI is InChI=1S/C14H12F3N3/c1-8-11-6-18-7-12(11)20-13(19-8)9-3-2-4-10(5-9)14(15,16)17/h2-5,18H,6-7H2,1H3. The molecule has 0 saturated heterocycles. The molecule has 0 atom stereocenters. The lowest BCUT2D eigenvalue weighted by atomic mass is 10.1. The number of aromatic nitrogens is 2. The van der Waals surface area contributed by atoms with Gasteiger partial charge in [0.15, 0.2) is 5.82 Å². The van der Waals surface area contributed by atoms with E-state index in [0.717, 1.165) is 29.1 Å². The van der Waals surface area contributed by atoms with E-state index < -0.39 is 11.7 Å². The lowest BCUT2D eigenvalue weighted by Crippen LogP contribution is -2.05. The van der Waals surface area contributed by atoms with Gasteiger partial charge in [0, 0.05) is 29.9 Å². The Labute approximate surface area is 113 Å². The lowest BCUT2D eigenvalue weighted by molar-refractivity contribution is -0.137. The second-order valence-electron chi connectivity index (χ2n) is 4.74. The first-order valence-electron chi connectivity index (χ1n) is 6.20. The smallest absolute Gasteiger partial charge is 0.307 e. The molecule has 0 saturated carbocycles. The molecule has 0 unspecified atom stereocenters. The molecule has 6 heteroatoms. The summed E-state index contributed by atoms with van der Waals surface area (Å²) in [7, 11) is 0. The van der Waals surface area contributed by atoms with E-state index in [2.05, 4.69) is 15.3 Å². The third kappa shape index (κ3) is 2.27. The maximum absolute atomic E-state index is 12.7. The fourth-order valence-corrected chi connectivity index (χ4v) is 2.30. The summed E-state index contributed by atoms with van der Waals surface area (Å²) in [6.07, 6.45) is -4.36. The highest BCUT2D eigenvalue weighted by Crippen LogP contribution is 2.31. The van der Waals surface area contributed by atoms with Crippen LogP contribution >= 0.6 is 0 Å².